The summed E-state index contributed by atoms with van der Waals surface area (Å²) >= 11 is 6.98. The summed E-state index contributed by atoms with van der Waals surface area (Å²) in [7, 11) is 0. The van der Waals surface area contributed by atoms with Crippen molar-refractivity contribution in [1.29, 1.82) is 0 Å². The van der Waals surface area contributed by atoms with E-state index in [-0.39, 0.29) is 0 Å². The Balaban J connectivity index is 1.97. The first kappa shape index (κ1) is 13.7. The van der Waals surface area contributed by atoms with E-state index in [4.69, 9.17) is 0 Å². The van der Waals surface area contributed by atoms with Gasteiger partial charge in [0.1, 0.15) is 0 Å². The van der Waals surface area contributed by atoms with Gasteiger partial charge >= 0.3 is 0 Å². The molecule has 0 aliphatic rings. The van der Waals surface area contributed by atoms with Crippen molar-refractivity contribution in [3.05, 3.63) is 62.8 Å². The van der Waals surface area contributed by atoms with Gasteiger partial charge in [-0.1, -0.05) is 12.1 Å². The number of aromatic nitrogens is 1. The van der Waals surface area contributed by atoms with E-state index in [0.717, 1.165) is 15.5 Å². The van der Waals surface area contributed by atoms with E-state index >= 15 is 0 Å². The first-order valence-corrected chi connectivity index (χ1v) is 7.32. The fourth-order valence-corrected chi connectivity index (χ4v) is 2.34. The quantitative estimate of drug-likeness (QED) is 0.860. The highest BCUT2D eigenvalue weighted by Crippen LogP contribution is 2.24. The number of nitrogens with zero attached hydrogens (tertiary/aromatic N) is 1. The van der Waals surface area contributed by atoms with Crippen LogP contribution >= 0.6 is 31.9 Å². The lowest BCUT2D eigenvalue weighted by molar-refractivity contribution is 0.573. The molecule has 1 N–H and O–H groups in total. The molecule has 0 aliphatic heterocycles. The topological polar surface area (TPSA) is 24.9 Å². The molecule has 0 saturated heterocycles. The monoisotopic (exact) mass is 368 g/mol. The summed E-state index contributed by atoms with van der Waals surface area (Å²) in [6.45, 7) is 2.98. The zero-order valence-corrected chi connectivity index (χ0v) is 13.2. The molecule has 1 aromatic heterocycles. The normalized spacial score (nSPS) is 12.4. The molecule has 94 valence electrons. The van der Waals surface area contributed by atoms with Crippen molar-refractivity contribution in [2.45, 2.75) is 19.5 Å². The molecule has 0 aliphatic carbocycles. The van der Waals surface area contributed by atoms with Gasteiger partial charge in [-0.3, -0.25) is 4.98 Å². The molecule has 4 heteroatoms. The van der Waals surface area contributed by atoms with Crippen molar-refractivity contribution in [1.82, 2.24) is 10.3 Å². The summed E-state index contributed by atoms with van der Waals surface area (Å²) in [5, 5.41) is 3.49. The zero-order chi connectivity index (χ0) is 13.0. The molecule has 2 aromatic rings. The average Bonchev–Trinajstić information content (AvgIpc) is 2.41. The molecule has 1 unspecified atom stereocenters. The Kier molecular flexibility index (Phi) is 4.92. The van der Waals surface area contributed by atoms with Gasteiger partial charge in [-0.2, -0.15) is 0 Å². The summed E-state index contributed by atoms with van der Waals surface area (Å²) in [6, 6.07) is 10.6. The van der Waals surface area contributed by atoms with Crippen molar-refractivity contribution < 1.29 is 0 Å². The molecule has 1 aromatic carbocycles. The standard InChI is InChI=1S/C14H14Br2N2/c1-10(12-3-2-6-17-9-12)18-8-11-4-5-13(15)14(16)7-11/h2-7,9-10,18H,8H2,1H3. The van der Waals surface area contributed by atoms with Crippen LogP contribution in [0.15, 0.2) is 51.7 Å². The van der Waals surface area contributed by atoms with Gasteiger partial charge in [0.25, 0.3) is 0 Å². The fraction of sp³-hybridized carbons (Fsp3) is 0.214. The maximum Gasteiger partial charge on any atom is 0.0320 e. The lowest BCUT2D eigenvalue weighted by Crippen LogP contribution is -2.18. The molecule has 18 heavy (non-hydrogen) atoms. The van der Waals surface area contributed by atoms with E-state index in [2.05, 4.69) is 73.3 Å². The maximum atomic E-state index is 4.13. The van der Waals surface area contributed by atoms with Crippen LogP contribution in [0.2, 0.25) is 0 Å². The van der Waals surface area contributed by atoms with Crippen molar-refractivity contribution in [2.75, 3.05) is 0 Å². The Morgan fingerprint density at radius 3 is 2.72 bits per heavy atom. The highest BCUT2D eigenvalue weighted by atomic mass is 79.9. The van der Waals surface area contributed by atoms with Crippen LogP contribution < -0.4 is 5.32 Å². The van der Waals surface area contributed by atoms with Crippen molar-refractivity contribution in [3.8, 4) is 0 Å². The summed E-state index contributed by atoms with van der Waals surface area (Å²) in [6.07, 6.45) is 3.69. The zero-order valence-electron chi connectivity index (χ0n) is 10.0. The lowest BCUT2D eigenvalue weighted by Gasteiger charge is -2.14. The molecule has 0 radical (unpaired) electrons. The van der Waals surface area contributed by atoms with Gasteiger partial charge in [-0.25, -0.2) is 0 Å². The number of benzene rings is 1. The molecule has 2 rings (SSSR count). The first-order chi connectivity index (χ1) is 8.66. The predicted octanol–water partition coefficient (Wildman–Crippen LogP) is 4.46. The van der Waals surface area contributed by atoms with Gasteiger partial charge < -0.3 is 5.32 Å². The Morgan fingerprint density at radius 2 is 2.06 bits per heavy atom. The second-order valence-electron chi connectivity index (χ2n) is 4.14. The smallest absolute Gasteiger partial charge is 0.0320 e. The van der Waals surface area contributed by atoms with E-state index in [1.54, 1.807) is 6.20 Å². The minimum absolute atomic E-state index is 0.293. The van der Waals surface area contributed by atoms with Crippen LogP contribution in [0, 0.1) is 0 Å². The van der Waals surface area contributed by atoms with Crippen LogP contribution in [0.3, 0.4) is 0 Å². The molecule has 1 atom stereocenters. The van der Waals surface area contributed by atoms with Crippen molar-refractivity contribution >= 4 is 31.9 Å². The summed E-state index contributed by atoms with van der Waals surface area (Å²) in [4.78, 5) is 4.13. The van der Waals surface area contributed by atoms with E-state index < -0.39 is 0 Å². The molecule has 1 heterocycles. The number of pyridine rings is 1. The van der Waals surface area contributed by atoms with E-state index in [9.17, 15) is 0 Å². The molecule has 0 fully saturated rings. The Hall–Kier alpha value is -0.710. The van der Waals surface area contributed by atoms with Crippen molar-refractivity contribution in [3.63, 3.8) is 0 Å². The van der Waals surface area contributed by atoms with Crippen molar-refractivity contribution in [2.24, 2.45) is 0 Å². The highest BCUT2D eigenvalue weighted by Gasteiger charge is 2.05. The predicted molar refractivity (Wildman–Crippen MR) is 81.3 cm³/mol. The SMILES string of the molecule is CC(NCc1ccc(Br)c(Br)c1)c1cccnc1. The number of hydrogen-bond donors (Lipinski definition) is 1. The van der Waals surface area contributed by atoms with Crippen LogP contribution in [0.25, 0.3) is 0 Å². The molecule has 0 spiro atoms. The van der Waals surface area contributed by atoms with Gasteiger partial charge in [0.15, 0.2) is 0 Å². The van der Waals surface area contributed by atoms with Gasteiger partial charge in [-0.05, 0) is 68.1 Å². The van der Waals surface area contributed by atoms with Gasteiger partial charge in [0, 0.05) is 33.9 Å². The fourth-order valence-electron chi connectivity index (χ4n) is 1.67. The second kappa shape index (κ2) is 6.45. The number of hydrogen-bond acceptors (Lipinski definition) is 2. The summed E-state index contributed by atoms with van der Waals surface area (Å²) in [5.74, 6) is 0. The molecular weight excluding hydrogens is 356 g/mol. The number of halogens is 2. The van der Waals surface area contributed by atoms with E-state index in [0.29, 0.717) is 6.04 Å². The lowest BCUT2D eigenvalue weighted by atomic mass is 10.1. The third kappa shape index (κ3) is 3.64. The van der Waals surface area contributed by atoms with Crippen LogP contribution in [0.5, 0.6) is 0 Å². The molecule has 0 saturated carbocycles. The van der Waals surface area contributed by atoms with Crippen LogP contribution in [0.1, 0.15) is 24.1 Å². The maximum absolute atomic E-state index is 4.13. The average molecular weight is 370 g/mol. The molecule has 2 nitrogen and oxygen atoms in total. The van der Waals surface area contributed by atoms with Crippen LogP contribution in [0.4, 0.5) is 0 Å². The van der Waals surface area contributed by atoms with Crippen LogP contribution in [-0.4, -0.2) is 4.98 Å². The Labute approximate surface area is 124 Å². The Morgan fingerprint density at radius 1 is 1.22 bits per heavy atom. The molecular formula is C14H14Br2N2. The highest BCUT2D eigenvalue weighted by molar-refractivity contribution is 9.13. The molecule has 0 amide bonds. The number of nitrogens with one attached hydrogen (secondary N) is 1. The van der Waals surface area contributed by atoms with E-state index in [1.807, 2.05) is 12.3 Å². The minimum Gasteiger partial charge on any atom is -0.306 e. The number of rotatable bonds is 4. The largest absolute Gasteiger partial charge is 0.306 e. The van der Waals surface area contributed by atoms with Gasteiger partial charge in [-0.15, -0.1) is 0 Å². The van der Waals surface area contributed by atoms with Crippen LogP contribution in [-0.2, 0) is 6.54 Å². The Bertz CT molecular complexity index is 514. The summed E-state index contributed by atoms with van der Waals surface area (Å²) < 4.78 is 2.15. The second-order valence-corrected chi connectivity index (χ2v) is 5.85. The van der Waals surface area contributed by atoms with E-state index in [1.165, 1.54) is 11.1 Å². The first-order valence-electron chi connectivity index (χ1n) is 5.74. The minimum atomic E-state index is 0.293. The molecule has 0 bridgehead atoms. The van der Waals surface area contributed by atoms with Gasteiger partial charge in [0.05, 0.1) is 0 Å². The third-order valence-electron chi connectivity index (χ3n) is 2.78. The van der Waals surface area contributed by atoms with Gasteiger partial charge in [0.2, 0.25) is 0 Å². The summed E-state index contributed by atoms with van der Waals surface area (Å²) in [5.41, 5.74) is 2.45. The third-order valence-corrected chi connectivity index (χ3v) is 4.66.